The number of phenols is 1. The molecule has 0 aliphatic heterocycles. The first kappa shape index (κ1) is 15.1. The third-order valence-electron chi connectivity index (χ3n) is 2.40. The van der Waals surface area contributed by atoms with Gasteiger partial charge in [-0.25, -0.2) is 5.43 Å². The van der Waals surface area contributed by atoms with Crippen molar-refractivity contribution in [1.29, 1.82) is 0 Å². The van der Waals surface area contributed by atoms with Gasteiger partial charge in [0.15, 0.2) is 0 Å². The number of aromatic hydroxyl groups is 1. The first-order valence-corrected chi connectivity index (χ1v) is 7.20. The van der Waals surface area contributed by atoms with Crippen LogP contribution < -0.4 is 5.43 Å². The van der Waals surface area contributed by atoms with Crippen LogP contribution in [0.15, 0.2) is 39.2 Å². The second kappa shape index (κ2) is 6.46. The summed E-state index contributed by atoms with van der Waals surface area (Å²) in [5, 5.41) is 26.0. The van der Waals surface area contributed by atoms with Gasteiger partial charge in [-0.3, -0.25) is 14.9 Å². The minimum atomic E-state index is -0.591. The summed E-state index contributed by atoms with van der Waals surface area (Å²) in [5.41, 5.74) is 2.18. The largest absolute Gasteiger partial charge is 0.506 e. The lowest BCUT2D eigenvalue weighted by Gasteiger charge is -2.02. The number of halogens is 1. The Kier molecular flexibility index (Phi) is 4.66. The highest BCUT2D eigenvalue weighted by molar-refractivity contribution is 9.10. The minimum absolute atomic E-state index is 0.113. The van der Waals surface area contributed by atoms with E-state index in [4.69, 9.17) is 0 Å². The Hall–Kier alpha value is -2.26. The highest BCUT2D eigenvalue weighted by Gasteiger charge is 2.13. The van der Waals surface area contributed by atoms with Crippen molar-refractivity contribution in [2.45, 2.75) is 0 Å². The topological polar surface area (TPSA) is 105 Å². The van der Waals surface area contributed by atoms with E-state index in [1.54, 1.807) is 17.5 Å². The summed E-state index contributed by atoms with van der Waals surface area (Å²) < 4.78 is 0.169. The fourth-order valence-electron chi connectivity index (χ4n) is 1.43. The summed E-state index contributed by atoms with van der Waals surface area (Å²) >= 11 is 4.27. The Morgan fingerprint density at radius 1 is 1.52 bits per heavy atom. The van der Waals surface area contributed by atoms with E-state index in [9.17, 15) is 20.0 Å². The summed E-state index contributed by atoms with van der Waals surface area (Å²) in [5.74, 6) is -0.597. The minimum Gasteiger partial charge on any atom is -0.506 e. The van der Waals surface area contributed by atoms with Crippen molar-refractivity contribution in [3.8, 4) is 5.75 Å². The van der Waals surface area contributed by atoms with Gasteiger partial charge in [-0.2, -0.15) is 5.10 Å². The third-order valence-corrected chi connectivity index (χ3v) is 3.88. The van der Waals surface area contributed by atoms with Gasteiger partial charge in [-0.1, -0.05) is 6.07 Å². The van der Waals surface area contributed by atoms with Crippen LogP contribution in [0, 0.1) is 10.1 Å². The molecule has 1 heterocycles. The van der Waals surface area contributed by atoms with Gasteiger partial charge in [0.25, 0.3) is 11.6 Å². The summed E-state index contributed by atoms with van der Waals surface area (Å²) in [6, 6.07) is 5.70. The smallest absolute Gasteiger partial charge is 0.281 e. The van der Waals surface area contributed by atoms with Crippen LogP contribution in [-0.4, -0.2) is 22.2 Å². The summed E-state index contributed by atoms with van der Waals surface area (Å²) in [6.45, 7) is 0. The Balaban J connectivity index is 2.17. The van der Waals surface area contributed by atoms with Crippen LogP contribution in [0.25, 0.3) is 0 Å². The van der Waals surface area contributed by atoms with E-state index in [-0.39, 0.29) is 21.5 Å². The standard InChI is InChI=1S/C12H8BrN3O4S/c13-9-5-8(16(19)20)4-7(11(9)17)6-14-15-12(18)10-2-1-3-21-10/h1-6,17H,(H,15,18)/b14-6+. The van der Waals surface area contributed by atoms with Crippen molar-refractivity contribution in [2.24, 2.45) is 5.10 Å². The molecule has 0 aliphatic rings. The lowest BCUT2D eigenvalue weighted by molar-refractivity contribution is -0.385. The number of nitrogens with zero attached hydrogens (tertiary/aromatic N) is 2. The second-order valence-electron chi connectivity index (χ2n) is 3.80. The van der Waals surface area contributed by atoms with Crippen LogP contribution in [0.4, 0.5) is 5.69 Å². The monoisotopic (exact) mass is 369 g/mol. The quantitative estimate of drug-likeness (QED) is 0.490. The van der Waals surface area contributed by atoms with Gasteiger partial charge < -0.3 is 5.11 Å². The molecule has 9 heteroatoms. The molecule has 21 heavy (non-hydrogen) atoms. The highest BCUT2D eigenvalue weighted by atomic mass is 79.9. The number of carbonyl (C=O) groups excluding carboxylic acids is 1. The fraction of sp³-hybridized carbons (Fsp3) is 0. The van der Waals surface area contributed by atoms with Gasteiger partial charge in [0, 0.05) is 17.7 Å². The van der Waals surface area contributed by atoms with E-state index >= 15 is 0 Å². The first-order valence-electron chi connectivity index (χ1n) is 5.53. The fourth-order valence-corrected chi connectivity index (χ4v) is 2.51. The van der Waals surface area contributed by atoms with E-state index in [0.717, 1.165) is 12.3 Å². The van der Waals surface area contributed by atoms with E-state index < -0.39 is 10.8 Å². The molecule has 0 spiro atoms. The van der Waals surface area contributed by atoms with E-state index in [1.165, 1.54) is 17.4 Å². The van der Waals surface area contributed by atoms with Crippen LogP contribution in [0.3, 0.4) is 0 Å². The molecule has 2 rings (SSSR count). The zero-order valence-electron chi connectivity index (χ0n) is 10.3. The third kappa shape index (κ3) is 3.64. The maximum absolute atomic E-state index is 11.6. The molecule has 1 amide bonds. The lowest BCUT2D eigenvalue weighted by atomic mass is 10.2. The van der Waals surface area contributed by atoms with Gasteiger partial charge in [-0.15, -0.1) is 11.3 Å². The summed E-state index contributed by atoms with van der Waals surface area (Å²) in [4.78, 5) is 22.3. The summed E-state index contributed by atoms with van der Waals surface area (Å²) in [7, 11) is 0. The molecule has 0 fully saturated rings. The van der Waals surface area contributed by atoms with Crippen LogP contribution in [0.5, 0.6) is 5.75 Å². The molecule has 0 bridgehead atoms. The normalized spacial score (nSPS) is 10.7. The molecule has 2 N–H and O–H groups in total. The Morgan fingerprint density at radius 3 is 2.90 bits per heavy atom. The number of carbonyl (C=O) groups is 1. The van der Waals surface area contributed by atoms with Crippen molar-refractivity contribution >= 4 is 45.1 Å². The summed E-state index contributed by atoms with van der Waals surface area (Å²) in [6.07, 6.45) is 1.14. The van der Waals surface area contributed by atoms with E-state index in [2.05, 4.69) is 26.5 Å². The molecular weight excluding hydrogens is 362 g/mol. The van der Waals surface area contributed by atoms with Gasteiger partial charge in [0.05, 0.1) is 20.5 Å². The van der Waals surface area contributed by atoms with Gasteiger partial charge in [0.1, 0.15) is 5.75 Å². The molecule has 0 saturated carbocycles. The highest BCUT2D eigenvalue weighted by Crippen LogP contribution is 2.31. The predicted octanol–water partition coefficient (Wildman–Crippen LogP) is 2.89. The number of nitro benzene ring substituents is 1. The first-order chi connectivity index (χ1) is 9.99. The van der Waals surface area contributed by atoms with Crippen molar-refractivity contribution in [3.63, 3.8) is 0 Å². The number of phenolic OH excluding ortho intramolecular Hbond substituents is 1. The molecule has 0 radical (unpaired) electrons. The number of hydrogen-bond donors (Lipinski definition) is 2. The maximum Gasteiger partial charge on any atom is 0.281 e. The Morgan fingerprint density at radius 2 is 2.29 bits per heavy atom. The second-order valence-corrected chi connectivity index (χ2v) is 5.60. The molecule has 2 aromatic rings. The number of non-ortho nitro benzene ring substituents is 1. The Labute approximate surface area is 131 Å². The zero-order chi connectivity index (χ0) is 15.4. The predicted molar refractivity (Wildman–Crippen MR) is 81.8 cm³/mol. The zero-order valence-corrected chi connectivity index (χ0v) is 12.7. The van der Waals surface area contributed by atoms with E-state index in [1.807, 2.05) is 0 Å². The molecule has 0 atom stereocenters. The lowest BCUT2D eigenvalue weighted by Crippen LogP contribution is -2.16. The average Bonchev–Trinajstić information content (AvgIpc) is 2.97. The van der Waals surface area contributed by atoms with Gasteiger partial charge in [0.2, 0.25) is 0 Å². The number of hydrazone groups is 1. The van der Waals surface area contributed by atoms with Crippen molar-refractivity contribution in [3.05, 3.63) is 54.7 Å². The number of hydrogen-bond acceptors (Lipinski definition) is 6. The molecule has 0 unspecified atom stereocenters. The number of amides is 1. The van der Waals surface area contributed by atoms with Crippen molar-refractivity contribution in [1.82, 2.24) is 5.43 Å². The number of benzene rings is 1. The van der Waals surface area contributed by atoms with E-state index in [0.29, 0.717) is 4.88 Å². The average molecular weight is 370 g/mol. The van der Waals surface area contributed by atoms with Gasteiger partial charge >= 0.3 is 0 Å². The molecule has 1 aromatic heterocycles. The number of nitrogens with one attached hydrogen (secondary N) is 1. The molecular formula is C12H8BrN3O4S. The Bertz CT molecular complexity index is 716. The van der Waals surface area contributed by atoms with Crippen molar-refractivity contribution < 1.29 is 14.8 Å². The molecule has 1 aromatic carbocycles. The van der Waals surface area contributed by atoms with Crippen LogP contribution in [0.1, 0.15) is 15.2 Å². The van der Waals surface area contributed by atoms with Gasteiger partial charge in [-0.05, 0) is 27.4 Å². The molecule has 7 nitrogen and oxygen atoms in total. The molecule has 0 saturated heterocycles. The van der Waals surface area contributed by atoms with Crippen LogP contribution in [-0.2, 0) is 0 Å². The number of nitro groups is 1. The number of thiophene rings is 1. The molecule has 0 aliphatic carbocycles. The SMILES string of the molecule is O=C(N/N=C/c1cc([N+](=O)[O-])cc(Br)c1O)c1cccs1. The van der Waals surface area contributed by atoms with Crippen LogP contribution in [0.2, 0.25) is 0 Å². The van der Waals surface area contributed by atoms with Crippen LogP contribution >= 0.6 is 27.3 Å². The molecule has 108 valence electrons. The van der Waals surface area contributed by atoms with Crippen molar-refractivity contribution in [2.75, 3.05) is 0 Å². The maximum atomic E-state index is 11.6. The number of rotatable bonds is 4.